The first kappa shape index (κ1) is 17.5. The normalized spacial score (nSPS) is 32.3. The van der Waals surface area contributed by atoms with Gasteiger partial charge in [-0.15, -0.1) is 0 Å². The smallest absolute Gasteiger partial charge is 0.364 e. The van der Waals surface area contributed by atoms with Gasteiger partial charge in [0, 0.05) is 13.3 Å². The van der Waals surface area contributed by atoms with Crippen molar-refractivity contribution < 1.29 is 39.9 Å². The molecule has 0 aromatic carbocycles. The van der Waals surface area contributed by atoms with Crippen molar-refractivity contribution in [3.63, 3.8) is 0 Å². The molecule has 1 saturated heterocycles. The molecule has 0 bridgehead atoms. The Kier molecular flexibility index (Phi) is 5.42. The molecule has 1 aliphatic rings. The summed E-state index contributed by atoms with van der Waals surface area (Å²) >= 11 is 0. The topological polar surface area (TPSA) is 157 Å². The van der Waals surface area contributed by atoms with Crippen molar-refractivity contribution in [2.24, 2.45) is 0 Å². The molecule has 0 aromatic rings. The summed E-state index contributed by atoms with van der Waals surface area (Å²) in [6.45, 7) is 3.95. The van der Waals surface area contributed by atoms with Crippen LogP contribution in [0.2, 0.25) is 0 Å². The van der Waals surface area contributed by atoms with Gasteiger partial charge in [-0.3, -0.25) is 4.79 Å². The number of hydrogen-bond donors (Lipinski definition) is 6. The highest BCUT2D eigenvalue weighted by Gasteiger charge is 2.51. The minimum absolute atomic E-state index is 0.107. The summed E-state index contributed by atoms with van der Waals surface area (Å²) in [6.07, 6.45) is -5.37. The first-order valence-electron chi connectivity index (χ1n) is 6.17. The van der Waals surface area contributed by atoms with E-state index in [0.29, 0.717) is 0 Å². The molecule has 0 radical (unpaired) electrons. The lowest BCUT2D eigenvalue weighted by atomic mass is 9.87. The van der Waals surface area contributed by atoms with Crippen LogP contribution < -0.4 is 5.32 Å². The number of carbonyl (C=O) groups excluding carboxylic acids is 1. The number of carboxylic acids is 1. The van der Waals surface area contributed by atoms with Crippen LogP contribution >= 0.6 is 0 Å². The lowest BCUT2D eigenvalue weighted by molar-refractivity contribution is -0.270. The van der Waals surface area contributed by atoms with Gasteiger partial charge in [0.15, 0.2) is 0 Å². The highest BCUT2D eigenvalue weighted by atomic mass is 16.7. The first-order chi connectivity index (χ1) is 9.62. The largest absolute Gasteiger partial charge is 0.477 e. The molecular weight excluding hydrogens is 286 g/mol. The molecule has 0 saturated carbocycles. The quantitative estimate of drug-likeness (QED) is 0.300. The number of aliphatic carboxylic acids is 1. The highest BCUT2D eigenvalue weighted by Crippen LogP contribution is 2.32. The molecule has 1 fully saturated rings. The third kappa shape index (κ3) is 3.77. The Morgan fingerprint density at radius 3 is 2.52 bits per heavy atom. The molecule has 6 N–H and O–H groups in total. The molecule has 1 rings (SSSR count). The Balaban J connectivity index is 3.10. The molecule has 0 spiro atoms. The maximum atomic E-state index is 11.2. The predicted octanol–water partition coefficient (Wildman–Crippen LogP) is -2.68. The van der Waals surface area contributed by atoms with Crippen LogP contribution in [0.25, 0.3) is 0 Å². The number of carboxylic acid groups (broad SMARTS) is 1. The minimum Gasteiger partial charge on any atom is -0.477 e. The van der Waals surface area contributed by atoms with Crippen LogP contribution in [-0.4, -0.2) is 74.2 Å². The van der Waals surface area contributed by atoms with Gasteiger partial charge < -0.3 is 35.6 Å². The van der Waals surface area contributed by atoms with Crippen molar-refractivity contribution in [1.82, 2.24) is 5.32 Å². The van der Waals surface area contributed by atoms with E-state index in [1.807, 2.05) is 0 Å². The molecule has 1 amide bonds. The van der Waals surface area contributed by atoms with E-state index in [1.54, 1.807) is 0 Å². The number of nitrogens with one attached hydrogen (secondary N) is 1. The molecule has 1 unspecified atom stereocenters. The van der Waals surface area contributed by atoms with Gasteiger partial charge in [-0.25, -0.2) is 4.79 Å². The van der Waals surface area contributed by atoms with E-state index in [0.717, 1.165) is 0 Å². The van der Waals surface area contributed by atoms with Gasteiger partial charge in [-0.2, -0.15) is 0 Å². The summed E-state index contributed by atoms with van der Waals surface area (Å²) in [4.78, 5) is 22.2. The van der Waals surface area contributed by atoms with Gasteiger partial charge >= 0.3 is 5.97 Å². The summed E-state index contributed by atoms with van der Waals surface area (Å²) in [5.41, 5.74) is 0.107. The number of aliphatic hydroxyl groups is 4. The fourth-order valence-corrected chi connectivity index (χ4v) is 2.11. The number of amides is 1. The fourth-order valence-electron chi connectivity index (χ4n) is 2.11. The maximum Gasteiger partial charge on any atom is 0.364 e. The summed E-state index contributed by atoms with van der Waals surface area (Å²) in [6, 6.07) is -1.02. The van der Waals surface area contributed by atoms with Crippen molar-refractivity contribution in [3.8, 4) is 0 Å². The number of carbonyl (C=O) groups is 2. The molecule has 0 aromatic heterocycles. The van der Waals surface area contributed by atoms with E-state index < -0.39 is 55.0 Å². The van der Waals surface area contributed by atoms with Gasteiger partial charge in [0.25, 0.3) is 5.79 Å². The summed E-state index contributed by atoms with van der Waals surface area (Å²) < 4.78 is 4.96. The lowest BCUT2D eigenvalue weighted by Crippen LogP contribution is -2.63. The highest BCUT2D eigenvalue weighted by molar-refractivity contribution is 5.77. The number of rotatable bonds is 5. The lowest BCUT2D eigenvalue weighted by Gasteiger charge is -2.43. The Morgan fingerprint density at radius 1 is 1.52 bits per heavy atom. The second kappa shape index (κ2) is 6.50. The zero-order valence-corrected chi connectivity index (χ0v) is 11.4. The second-order valence-electron chi connectivity index (χ2n) is 4.93. The van der Waals surface area contributed by atoms with Crippen molar-refractivity contribution in [1.29, 1.82) is 0 Å². The number of ether oxygens (including phenoxy) is 1. The van der Waals surface area contributed by atoms with E-state index in [2.05, 4.69) is 11.9 Å². The molecule has 5 atom stereocenters. The molecule has 0 aliphatic carbocycles. The Hall–Kier alpha value is -1.52. The van der Waals surface area contributed by atoms with Crippen LogP contribution in [0, 0.1) is 0 Å². The zero-order valence-electron chi connectivity index (χ0n) is 11.4. The van der Waals surface area contributed by atoms with E-state index in [4.69, 9.17) is 14.9 Å². The van der Waals surface area contributed by atoms with Crippen LogP contribution in [0.15, 0.2) is 12.2 Å². The van der Waals surface area contributed by atoms with Gasteiger partial charge in [-0.1, -0.05) is 6.58 Å². The average Bonchev–Trinajstić information content (AvgIpc) is 2.39. The standard InChI is InChI=1S/C12H19NO8/c1-5-3-12(20,11(18)19)21-10(8(5)13-6(2)15)9(17)7(16)4-14/h7-10,14,16-17,20H,1,3-4H2,2H3,(H,13,15)(H,18,19)/t7-,8-,9-,10-,12?/m1/s1. The van der Waals surface area contributed by atoms with E-state index in [-0.39, 0.29) is 5.57 Å². The maximum absolute atomic E-state index is 11.2. The molecule has 1 aliphatic heterocycles. The van der Waals surface area contributed by atoms with Crippen LogP contribution in [-0.2, 0) is 14.3 Å². The van der Waals surface area contributed by atoms with E-state index in [1.165, 1.54) is 6.92 Å². The first-order valence-corrected chi connectivity index (χ1v) is 6.17. The Morgan fingerprint density at radius 2 is 2.10 bits per heavy atom. The average molecular weight is 305 g/mol. The SMILES string of the molecule is C=C1CC(O)(C(=O)O)O[C@@H]([C@H](O)[C@H](O)CO)[C@@H]1NC(C)=O. The summed E-state index contributed by atoms with van der Waals surface area (Å²) in [7, 11) is 0. The molecule has 21 heavy (non-hydrogen) atoms. The van der Waals surface area contributed by atoms with Crippen molar-refractivity contribution in [2.45, 2.75) is 43.5 Å². The summed E-state index contributed by atoms with van der Waals surface area (Å²) in [5, 5.41) is 49.5. The van der Waals surface area contributed by atoms with E-state index in [9.17, 15) is 24.9 Å². The summed E-state index contributed by atoms with van der Waals surface area (Å²) in [5.74, 6) is -4.82. The van der Waals surface area contributed by atoms with Gasteiger partial charge in [-0.05, 0) is 5.57 Å². The van der Waals surface area contributed by atoms with Gasteiger partial charge in [0.05, 0.1) is 12.6 Å². The van der Waals surface area contributed by atoms with Gasteiger partial charge in [0.1, 0.15) is 18.3 Å². The number of hydrogen-bond acceptors (Lipinski definition) is 7. The zero-order chi connectivity index (χ0) is 16.4. The predicted molar refractivity (Wildman–Crippen MR) is 67.9 cm³/mol. The number of aliphatic hydroxyl groups excluding tert-OH is 3. The second-order valence-corrected chi connectivity index (χ2v) is 4.93. The molecule has 9 nitrogen and oxygen atoms in total. The van der Waals surface area contributed by atoms with Crippen LogP contribution in [0.1, 0.15) is 13.3 Å². The van der Waals surface area contributed by atoms with Crippen molar-refractivity contribution >= 4 is 11.9 Å². The van der Waals surface area contributed by atoms with Crippen molar-refractivity contribution in [3.05, 3.63) is 12.2 Å². The van der Waals surface area contributed by atoms with Crippen LogP contribution in [0.3, 0.4) is 0 Å². The fraction of sp³-hybridized carbons (Fsp3) is 0.667. The Labute approximate surface area is 120 Å². The van der Waals surface area contributed by atoms with Crippen LogP contribution in [0.5, 0.6) is 0 Å². The molecule has 1 heterocycles. The monoisotopic (exact) mass is 305 g/mol. The van der Waals surface area contributed by atoms with Crippen LogP contribution in [0.4, 0.5) is 0 Å². The Bertz CT molecular complexity index is 439. The van der Waals surface area contributed by atoms with Gasteiger partial charge in [0.2, 0.25) is 5.91 Å². The molecule has 120 valence electrons. The van der Waals surface area contributed by atoms with E-state index >= 15 is 0 Å². The third-order valence-electron chi connectivity index (χ3n) is 3.18. The minimum atomic E-state index is -2.63. The third-order valence-corrected chi connectivity index (χ3v) is 3.18. The van der Waals surface area contributed by atoms with Crippen molar-refractivity contribution in [2.75, 3.05) is 6.61 Å². The molecular formula is C12H19NO8. The molecule has 9 heteroatoms.